The summed E-state index contributed by atoms with van der Waals surface area (Å²) in [7, 11) is 0. The van der Waals surface area contributed by atoms with Crippen LogP contribution in [0.3, 0.4) is 0 Å². The normalized spacial score (nSPS) is 12.1. The van der Waals surface area contributed by atoms with Crippen molar-refractivity contribution >= 4 is 11.8 Å². The highest BCUT2D eigenvalue weighted by molar-refractivity contribution is 5.84. The molecular weight excluding hydrogens is 194 g/mol. The van der Waals surface area contributed by atoms with Crippen LogP contribution in [0.15, 0.2) is 12.4 Å². The zero-order valence-corrected chi connectivity index (χ0v) is 8.90. The Morgan fingerprint density at radius 1 is 1.53 bits per heavy atom. The standard InChI is InChI=1S/C10H15N3O2/c1-3-4-7(2)13-9-6-11-8(5-12-9)10(14)15/h5-7H,3-4H2,1-2H3,(H,12,13)(H,14,15). The minimum Gasteiger partial charge on any atom is -0.476 e. The van der Waals surface area contributed by atoms with Crippen LogP contribution in [0.5, 0.6) is 0 Å². The summed E-state index contributed by atoms with van der Waals surface area (Å²) in [5.74, 6) is -0.448. The lowest BCUT2D eigenvalue weighted by Gasteiger charge is -2.12. The average Bonchev–Trinajstić information content (AvgIpc) is 2.18. The number of aromatic carboxylic acids is 1. The van der Waals surface area contributed by atoms with Crippen molar-refractivity contribution in [1.82, 2.24) is 9.97 Å². The lowest BCUT2D eigenvalue weighted by atomic mass is 10.2. The van der Waals surface area contributed by atoms with E-state index in [4.69, 9.17) is 5.11 Å². The largest absolute Gasteiger partial charge is 0.476 e. The summed E-state index contributed by atoms with van der Waals surface area (Å²) in [6.45, 7) is 4.16. The van der Waals surface area contributed by atoms with E-state index in [0.29, 0.717) is 11.9 Å². The number of hydrogen-bond acceptors (Lipinski definition) is 4. The number of rotatable bonds is 5. The van der Waals surface area contributed by atoms with Gasteiger partial charge in [-0.05, 0) is 13.3 Å². The lowest BCUT2D eigenvalue weighted by molar-refractivity contribution is 0.0690. The van der Waals surface area contributed by atoms with Gasteiger partial charge in [-0.3, -0.25) is 0 Å². The fraction of sp³-hybridized carbons (Fsp3) is 0.500. The molecule has 82 valence electrons. The van der Waals surface area contributed by atoms with Crippen molar-refractivity contribution in [2.75, 3.05) is 5.32 Å². The van der Waals surface area contributed by atoms with Gasteiger partial charge in [0.25, 0.3) is 0 Å². The maximum Gasteiger partial charge on any atom is 0.356 e. The van der Waals surface area contributed by atoms with E-state index in [9.17, 15) is 4.79 Å². The highest BCUT2D eigenvalue weighted by atomic mass is 16.4. The van der Waals surface area contributed by atoms with Crippen molar-refractivity contribution in [3.05, 3.63) is 18.1 Å². The van der Waals surface area contributed by atoms with Gasteiger partial charge in [-0.25, -0.2) is 14.8 Å². The zero-order valence-electron chi connectivity index (χ0n) is 8.90. The quantitative estimate of drug-likeness (QED) is 0.773. The van der Waals surface area contributed by atoms with Crippen LogP contribution in [0.2, 0.25) is 0 Å². The number of hydrogen-bond donors (Lipinski definition) is 2. The number of anilines is 1. The molecule has 1 aromatic heterocycles. The number of carboxylic acid groups (broad SMARTS) is 1. The summed E-state index contributed by atoms with van der Waals surface area (Å²) in [4.78, 5) is 18.2. The molecule has 0 aromatic carbocycles. The third-order valence-electron chi connectivity index (χ3n) is 1.99. The molecule has 1 unspecified atom stereocenters. The molecule has 0 aliphatic heterocycles. The molecule has 1 atom stereocenters. The summed E-state index contributed by atoms with van der Waals surface area (Å²) >= 11 is 0. The molecule has 5 nitrogen and oxygen atoms in total. The molecule has 0 amide bonds. The molecule has 0 saturated heterocycles. The first-order valence-corrected chi connectivity index (χ1v) is 4.95. The first kappa shape index (κ1) is 11.4. The van der Waals surface area contributed by atoms with Crippen LogP contribution in [0.4, 0.5) is 5.82 Å². The summed E-state index contributed by atoms with van der Waals surface area (Å²) in [5.41, 5.74) is -0.0382. The van der Waals surface area contributed by atoms with Gasteiger partial charge in [0.2, 0.25) is 0 Å². The Kier molecular flexibility index (Phi) is 4.03. The Bertz CT molecular complexity index is 324. The SMILES string of the molecule is CCCC(C)Nc1cnc(C(=O)O)cn1. The predicted molar refractivity (Wildman–Crippen MR) is 57.0 cm³/mol. The number of carbonyl (C=O) groups is 1. The zero-order chi connectivity index (χ0) is 11.3. The van der Waals surface area contributed by atoms with Crippen molar-refractivity contribution < 1.29 is 9.90 Å². The van der Waals surface area contributed by atoms with Gasteiger partial charge in [-0.2, -0.15) is 0 Å². The van der Waals surface area contributed by atoms with Crippen LogP contribution >= 0.6 is 0 Å². The molecule has 5 heteroatoms. The second kappa shape index (κ2) is 5.29. The monoisotopic (exact) mass is 209 g/mol. The Morgan fingerprint density at radius 3 is 2.73 bits per heavy atom. The summed E-state index contributed by atoms with van der Waals surface area (Å²) in [6, 6.07) is 0.319. The Labute approximate surface area is 88.6 Å². The smallest absolute Gasteiger partial charge is 0.356 e. The van der Waals surface area contributed by atoms with Crippen molar-refractivity contribution in [2.24, 2.45) is 0 Å². The molecule has 0 aliphatic carbocycles. The summed E-state index contributed by atoms with van der Waals surface area (Å²) < 4.78 is 0. The van der Waals surface area contributed by atoms with E-state index in [-0.39, 0.29) is 5.69 Å². The molecule has 15 heavy (non-hydrogen) atoms. The van der Waals surface area contributed by atoms with Gasteiger partial charge in [0.15, 0.2) is 5.69 Å². The third-order valence-corrected chi connectivity index (χ3v) is 1.99. The molecule has 2 N–H and O–H groups in total. The molecule has 0 bridgehead atoms. The molecule has 1 rings (SSSR count). The minimum atomic E-state index is -1.06. The predicted octanol–water partition coefficient (Wildman–Crippen LogP) is 1.78. The average molecular weight is 209 g/mol. The van der Waals surface area contributed by atoms with E-state index in [1.54, 1.807) is 0 Å². The van der Waals surface area contributed by atoms with Crippen LogP contribution < -0.4 is 5.32 Å². The van der Waals surface area contributed by atoms with Crippen LogP contribution in [0.1, 0.15) is 37.2 Å². The van der Waals surface area contributed by atoms with Crippen LogP contribution in [0.25, 0.3) is 0 Å². The minimum absolute atomic E-state index is 0.0382. The van der Waals surface area contributed by atoms with Crippen LogP contribution in [-0.2, 0) is 0 Å². The molecule has 0 radical (unpaired) electrons. The van der Waals surface area contributed by atoms with E-state index < -0.39 is 5.97 Å². The fourth-order valence-corrected chi connectivity index (χ4v) is 1.27. The number of nitrogens with one attached hydrogen (secondary N) is 1. The maximum absolute atomic E-state index is 10.5. The van der Waals surface area contributed by atoms with Gasteiger partial charge >= 0.3 is 5.97 Å². The third kappa shape index (κ3) is 3.53. The van der Waals surface area contributed by atoms with E-state index in [0.717, 1.165) is 12.8 Å². The van der Waals surface area contributed by atoms with Gasteiger partial charge in [-0.1, -0.05) is 13.3 Å². The molecule has 0 saturated carbocycles. The Morgan fingerprint density at radius 2 is 2.27 bits per heavy atom. The highest BCUT2D eigenvalue weighted by Gasteiger charge is 2.06. The fourth-order valence-electron chi connectivity index (χ4n) is 1.27. The second-order valence-electron chi connectivity index (χ2n) is 3.43. The van der Waals surface area contributed by atoms with Gasteiger partial charge < -0.3 is 10.4 Å². The van der Waals surface area contributed by atoms with Gasteiger partial charge in [-0.15, -0.1) is 0 Å². The molecule has 0 aliphatic rings. The van der Waals surface area contributed by atoms with Crippen LogP contribution in [-0.4, -0.2) is 27.1 Å². The number of nitrogens with zero attached hydrogens (tertiary/aromatic N) is 2. The maximum atomic E-state index is 10.5. The van der Waals surface area contributed by atoms with Crippen molar-refractivity contribution in [3.63, 3.8) is 0 Å². The van der Waals surface area contributed by atoms with Crippen molar-refractivity contribution in [1.29, 1.82) is 0 Å². The van der Waals surface area contributed by atoms with Gasteiger partial charge in [0, 0.05) is 6.04 Å². The highest BCUT2D eigenvalue weighted by Crippen LogP contribution is 2.06. The number of aromatic nitrogens is 2. The summed E-state index contributed by atoms with van der Waals surface area (Å²) in [5, 5.41) is 11.8. The summed E-state index contributed by atoms with van der Waals surface area (Å²) in [6.07, 6.45) is 4.83. The molecule has 0 spiro atoms. The van der Waals surface area contributed by atoms with Crippen molar-refractivity contribution in [2.45, 2.75) is 32.7 Å². The first-order chi connectivity index (χ1) is 7.13. The first-order valence-electron chi connectivity index (χ1n) is 4.95. The molecular formula is C10H15N3O2. The number of carboxylic acids is 1. The second-order valence-corrected chi connectivity index (χ2v) is 3.43. The van der Waals surface area contributed by atoms with Crippen LogP contribution in [0, 0.1) is 0 Å². The van der Waals surface area contributed by atoms with Gasteiger partial charge in [0.1, 0.15) is 5.82 Å². The van der Waals surface area contributed by atoms with Crippen molar-refractivity contribution in [3.8, 4) is 0 Å². The Hall–Kier alpha value is -1.65. The lowest BCUT2D eigenvalue weighted by Crippen LogP contribution is -2.16. The van der Waals surface area contributed by atoms with E-state index in [1.807, 2.05) is 0 Å². The molecule has 1 aromatic rings. The molecule has 0 fully saturated rings. The Balaban J connectivity index is 2.60. The van der Waals surface area contributed by atoms with E-state index >= 15 is 0 Å². The van der Waals surface area contributed by atoms with E-state index in [1.165, 1.54) is 12.4 Å². The van der Waals surface area contributed by atoms with Gasteiger partial charge in [0.05, 0.1) is 12.4 Å². The topological polar surface area (TPSA) is 75.1 Å². The van der Waals surface area contributed by atoms with E-state index in [2.05, 4.69) is 29.1 Å². The molecule has 1 heterocycles.